The van der Waals surface area contributed by atoms with E-state index < -0.39 is 0 Å². The highest BCUT2D eigenvalue weighted by Crippen LogP contribution is 2.21. The number of H-pyrrole nitrogens is 1. The van der Waals surface area contributed by atoms with Crippen molar-refractivity contribution < 1.29 is 5.11 Å². The summed E-state index contributed by atoms with van der Waals surface area (Å²) in [4.78, 5) is 19.2. The quantitative estimate of drug-likeness (QED) is 0.335. The van der Waals surface area contributed by atoms with E-state index >= 15 is 0 Å². The van der Waals surface area contributed by atoms with Crippen LogP contribution >= 0.6 is 0 Å². The SMILES string of the molecule is C#C.CNC.Cc1cc(O)cc(C)c1CCCNc1nc(Cc2ccccc2)cc(=O)[nH]1. The molecule has 0 atom stereocenters. The van der Waals surface area contributed by atoms with Crippen LogP contribution in [-0.2, 0) is 12.8 Å². The number of terminal acetylenes is 1. The molecule has 0 aliphatic rings. The molecule has 4 N–H and O–H groups in total. The van der Waals surface area contributed by atoms with Gasteiger partial charge in [-0.25, -0.2) is 4.98 Å². The fourth-order valence-electron chi connectivity index (χ4n) is 3.32. The van der Waals surface area contributed by atoms with Crippen LogP contribution in [0.4, 0.5) is 5.95 Å². The third-order valence-corrected chi connectivity index (χ3v) is 4.60. The molecule has 2 aromatic carbocycles. The Morgan fingerprint density at radius 3 is 2.22 bits per heavy atom. The van der Waals surface area contributed by atoms with Gasteiger partial charge in [-0.2, -0.15) is 0 Å². The summed E-state index contributed by atoms with van der Waals surface area (Å²) in [5, 5.41) is 15.6. The third-order valence-electron chi connectivity index (χ3n) is 4.60. The summed E-state index contributed by atoms with van der Waals surface area (Å²) in [6.45, 7) is 4.74. The van der Waals surface area contributed by atoms with E-state index in [0.29, 0.717) is 24.7 Å². The molecule has 0 radical (unpaired) electrons. The van der Waals surface area contributed by atoms with E-state index in [4.69, 9.17) is 0 Å². The van der Waals surface area contributed by atoms with E-state index in [-0.39, 0.29) is 5.56 Å². The smallest absolute Gasteiger partial charge is 0.252 e. The topological polar surface area (TPSA) is 90.0 Å². The van der Waals surface area contributed by atoms with Gasteiger partial charge >= 0.3 is 0 Å². The van der Waals surface area contributed by atoms with Gasteiger partial charge in [0.25, 0.3) is 5.56 Å². The number of aromatic hydroxyl groups is 1. The van der Waals surface area contributed by atoms with Crippen molar-refractivity contribution in [2.24, 2.45) is 0 Å². The van der Waals surface area contributed by atoms with E-state index in [1.165, 1.54) is 5.56 Å². The molecular formula is C26H34N4O2. The number of aromatic amines is 1. The molecule has 6 nitrogen and oxygen atoms in total. The van der Waals surface area contributed by atoms with Gasteiger partial charge in [0.1, 0.15) is 5.75 Å². The first-order valence-corrected chi connectivity index (χ1v) is 10.5. The first-order valence-electron chi connectivity index (χ1n) is 10.5. The van der Waals surface area contributed by atoms with Gasteiger partial charge < -0.3 is 15.7 Å². The number of anilines is 1. The fourth-order valence-corrected chi connectivity index (χ4v) is 3.32. The summed E-state index contributed by atoms with van der Waals surface area (Å²) in [6, 6.07) is 15.1. The molecule has 0 amide bonds. The largest absolute Gasteiger partial charge is 0.508 e. The van der Waals surface area contributed by atoms with Crippen molar-refractivity contribution >= 4 is 5.95 Å². The predicted octanol–water partition coefficient (Wildman–Crippen LogP) is 3.81. The Balaban J connectivity index is 0.000000944. The molecule has 32 heavy (non-hydrogen) atoms. The van der Waals surface area contributed by atoms with E-state index in [9.17, 15) is 9.90 Å². The lowest BCUT2D eigenvalue weighted by Gasteiger charge is -2.11. The molecule has 1 heterocycles. The molecule has 0 unspecified atom stereocenters. The number of hydrogen-bond acceptors (Lipinski definition) is 5. The number of phenols is 1. The number of hydrogen-bond donors (Lipinski definition) is 4. The van der Waals surface area contributed by atoms with Crippen molar-refractivity contribution in [3.8, 4) is 18.6 Å². The van der Waals surface area contributed by atoms with Gasteiger partial charge in [-0.05, 0) is 75.2 Å². The summed E-state index contributed by atoms with van der Waals surface area (Å²) in [5.74, 6) is 0.816. The van der Waals surface area contributed by atoms with E-state index in [0.717, 1.165) is 35.2 Å². The van der Waals surface area contributed by atoms with Gasteiger partial charge in [-0.1, -0.05) is 30.3 Å². The monoisotopic (exact) mass is 434 g/mol. The minimum absolute atomic E-state index is 0.149. The summed E-state index contributed by atoms with van der Waals surface area (Å²) in [5.41, 5.74) is 5.18. The zero-order valence-electron chi connectivity index (χ0n) is 19.4. The molecule has 6 heteroatoms. The number of aryl methyl sites for hydroxylation is 2. The maximum Gasteiger partial charge on any atom is 0.252 e. The molecular weight excluding hydrogens is 400 g/mol. The highest BCUT2D eigenvalue weighted by atomic mass is 16.3. The average Bonchev–Trinajstić information content (AvgIpc) is 2.75. The van der Waals surface area contributed by atoms with Crippen molar-refractivity contribution in [1.82, 2.24) is 15.3 Å². The summed E-state index contributed by atoms with van der Waals surface area (Å²) in [7, 11) is 3.75. The Morgan fingerprint density at radius 1 is 1.03 bits per heavy atom. The highest BCUT2D eigenvalue weighted by molar-refractivity contribution is 5.40. The lowest BCUT2D eigenvalue weighted by atomic mass is 9.98. The average molecular weight is 435 g/mol. The van der Waals surface area contributed by atoms with Crippen LogP contribution < -0.4 is 16.2 Å². The van der Waals surface area contributed by atoms with Crippen molar-refractivity contribution in [2.75, 3.05) is 26.0 Å². The predicted molar refractivity (Wildman–Crippen MR) is 133 cm³/mol. The number of benzene rings is 2. The molecule has 0 spiro atoms. The molecule has 0 fully saturated rings. The number of nitrogens with zero attached hydrogens (tertiary/aromatic N) is 1. The third kappa shape index (κ3) is 9.07. The molecule has 3 aromatic rings. The van der Waals surface area contributed by atoms with Gasteiger partial charge in [-0.15, -0.1) is 12.8 Å². The normalized spacial score (nSPS) is 9.69. The van der Waals surface area contributed by atoms with Crippen LogP contribution in [0.1, 0.15) is 34.4 Å². The van der Waals surface area contributed by atoms with Crippen molar-refractivity contribution in [1.29, 1.82) is 0 Å². The lowest BCUT2D eigenvalue weighted by molar-refractivity contribution is 0.474. The Kier molecular flexibility index (Phi) is 12.0. The number of phenolic OH excluding ortho intramolecular Hbond substituents is 1. The second-order valence-electron chi connectivity index (χ2n) is 7.34. The van der Waals surface area contributed by atoms with E-state index in [2.05, 4.69) is 33.4 Å². The van der Waals surface area contributed by atoms with Crippen LogP contribution in [0, 0.1) is 26.7 Å². The number of rotatable bonds is 7. The molecule has 1 aromatic heterocycles. The fraction of sp³-hybridized carbons (Fsp3) is 0.308. The standard InChI is InChI=1S/C22H25N3O2.C2H7N.C2H2/c1-15-11-19(26)12-16(2)20(15)9-6-10-23-22-24-18(14-21(27)25-22)13-17-7-4-3-5-8-17;1-3-2;1-2/h3-5,7-8,11-12,14,26H,6,9-10,13H2,1-2H3,(H2,23,24,25,27);3H,1-2H3;1-2H. The second kappa shape index (κ2) is 14.4. The first kappa shape index (κ1) is 26.5. The van der Waals surface area contributed by atoms with Crippen LogP contribution in [0.25, 0.3) is 0 Å². The molecule has 0 bridgehead atoms. The van der Waals surface area contributed by atoms with Crippen molar-refractivity contribution in [2.45, 2.75) is 33.1 Å². The first-order chi connectivity index (χ1) is 15.4. The van der Waals surface area contributed by atoms with Crippen molar-refractivity contribution in [3.63, 3.8) is 0 Å². The van der Waals surface area contributed by atoms with Gasteiger partial charge in [-0.3, -0.25) is 9.78 Å². The van der Waals surface area contributed by atoms with Gasteiger partial charge in [0, 0.05) is 19.0 Å². The second-order valence-corrected chi connectivity index (χ2v) is 7.34. The zero-order valence-corrected chi connectivity index (χ0v) is 19.4. The summed E-state index contributed by atoms with van der Waals surface area (Å²) < 4.78 is 0. The minimum atomic E-state index is -0.149. The maximum absolute atomic E-state index is 11.9. The van der Waals surface area contributed by atoms with Crippen LogP contribution in [0.15, 0.2) is 53.3 Å². The molecule has 170 valence electrons. The van der Waals surface area contributed by atoms with Crippen molar-refractivity contribution in [3.05, 3.63) is 86.8 Å². The van der Waals surface area contributed by atoms with Gasteiger partial charge in [0.2, 0.25) is 5.95 Å². The van der Waals surface area contributed by atoms with Gasteiger partial charge in [0.05, 0.1) is 5.69 Å². The summed E-state index contributed by atoms with van der Waals surface area (Å²) >= 11 is 0. The van der Waals surface area contributed by atoms with E-state index in [1.807, 2.05) is 58.3 Å². The molecule has 3 rings (SSSR count). The number of aromatic nitrogens is 2. The molecule has 0 aliphatic carbocycles. The minimum Gasteiger partial charge on any atom is -0.508 e. The Labute approximate surface area is 191 Å². The lowest BCUT2D eigenvalue weighted by Crippen LogP contribution is -2.15. The highest BCUT2D eigenvalue weighted by Gasteiger charge is 2.06. The Bertz CT molecular complexity index is 1000. The Hall–Kier alpha value is -3.56. The number of nitrogens with one attached hydrogen (secondary N) is 3. The molecule has 0 saturated carbocycles. The molecule has 0 saturated heterocycles. The van der Waals surface area contributed by atoms with E-state index in [1.54, 1.807) is 18.2 Å². The van der Waals surface area contributed by atoms with Crippen LogP contribution in [0.5, 0.6) is 5.75 Å². The van der Waals surface area contributed by atoms with Crippen LogP contribution in [0.2, 0.25) is 0 Å². The zero-order chi connectivity index (χ0) is 23.9. The van der Waals surface area contributed by atoms with Crippen LogP contribution in [-0.4, -0.2) is 35.7 Å². The van der Waals surface area contributed by atoms with Gasteiger partial charge in [0.15, 0.2) is 0 Å². The Morgan fingerprint density at radius 2 is 1.62 bits per heavy atom. The molecule has 0 aliphatic heterocycles. The summed E-state index contributed by atoms with van der Waals surface area (Å²) in [6.07, 6.45) is 10.4. The maximum atomic E-state index is 11.9. The van der Waals surface area contributed by atoms with Crippen LogP contribution in [0.3, 0.4) is 0 Å².